The third kappa shape index (κ3) is 3.91. The fourth-order valence-electron chi connectivity index (χ4n) is 3.09. The number of carbonyl (C=O) groups excluding carboxylic acids is 1. The second-order valence-electron chi connectivity index (χ2n) is 6.49. The minimum absolute atomic E-state index is 0.295. The summed E-state index contributed by atoms with van der Waals surface area (Å²) in [6.45, 7) is 7.85. The maximum absolute atomic E-state index is 12.7. The lowest BCUT2D eigenvalue weighted by molar-refractivity contribution is 0.249. The van der Waals surface area contributed by atoms with Gasteiger partial charge in [-0.15, -0.1) is 0 Å². The second-order valence-corrected chi connectivity index (χ2v) is 6.49. The number of carbonyl (C=O) groups is 1. The Morgan fingerprint density at radius 3 is 2.27 bits per heavy atom. The molecule has 1 unspecified atom stereocenters. The predicted octanol–water partition coefficient (Wildman–Crippen LogP) is 3.95. The molecule has 26 heavy (non-hydrogen) atoms. The maximum atomic E-state index is 12.7. The van der Waals surface area contributed by atoms with E-state index in [4.69, 9.17) is 0 Å². The number of amides is 2. The lowest BCUT2D eigenvalue weighted by Gasteiger charge is -2.18. The molecule has 0 spiro atoms. The summed E-state index contributed by atoms with van der Waals surface area (Å²) in [7, 11) is 0. The molecule has 0 aliphatic heterocycles. The van der Waals surface area contributed by atoms with Crippen molar-refractivity contribution < 1.29 is 4.79 Å². The largest absolute Gasteiger partial charge is 0.324 e. The maximum Gasteiger partial charge on any atom is 0.320 e. The van der Waals surface area contributed by atoms with Crippen molar-refractivity contribution >= 4 is 11.7 Å². The van der Waals surface area contributed by atoms with Crippen LogP contribution in [0.4, 0.5) is 10.5 Å². The molecule has 3 N–H and O–H groups in total. The third-order valence-corrected chi connectivity index (χ3v) is 4.20. The van der Waals surface area contributed by atoms with Crippen LogP contribution >= 0.6 is 0 Å². The van der Waals surface area contributed by atoms with E-state index in [0.717, 1.165) is 22.4 Å². The summed E-state index contributed by atoms with van der Waals surface area (Å²) in [6, 6.07) is 13.0. The molecule has 0 saturated heterocycles. The van der Waals surface area contributed by atoms with Crippen molar-refractivity contribution in [2.24, 2.45) is 0 Å². The lowest BCUT2D eigenvalue weighted by atomic mass is 10.0. The number of H-pyrrole nitrogens is 1. The van der Waals surface area contributed by atoms with Crippen LogP contribution in [0.1, 0.15) is 39.9 Å². The molecular formula is C20H23N5O. The Balaban J connectivity index is 1.84. The van der Waals surface area contributed by atoms with Crippen molar-refractivity contribution in [3.63, 3.8) is 0 Å². The van der Waals surface area contributed by atoms with Crippen LogP contribution in [0.3, 0.4) is 0 Å². The molecule has 1 atom stereocenters. The molecule has 3 rings (SSSR count). The molecule has 2 aromatic carbocycles. The van der Waals surface area contributed by atoms with Gasteiger partial charge in [0.05, 0.1) is 0 Å². The number of nitrogens with zero attached hydrogens (tertiary/aromatic N) is 2. The summed E-state index contributed by atoms with van der Waals surface area (Å²) in [5, 5.41) is 13.0. The van der Waals surface area contributed by atoms with E-state index in [2.05, 4.69) is 37.9 Å². The predicted molar refractivity (Wildman–Crippen MR) is 102 cm³/mol. The molecule has 0 fully saturated rings. The van der Waals surface area contributed by atoms with Crippen LogP contribution in [0.2, 0.25) is 0 Å². The summed E-state index contributed by atoms with van der Waals surface area (Å²) in [5.41, 5.74) is 4.97. The Hall–Kier alpha value is -3.15. The fourth-order valence-corrected chi connectivity index (χ4v) is 3.09. The van der Waals surface area contributed by atoms with Crippen molar-refractivity contribution in [1.82, 2.24) is 20.5 Å². The van der Waals surface area contributed by atoms with Crippen LogP contribution in [0.15, 0.2) is 42.5 Å². The van der Waals surface area contributed by atoms with E-state index in [-0.39, 0.29) is 6.03 Å². The smallest absolute Gasteiger partial charge is 0.320 e. The molecule has 0 aliphatic rings. The first kappa shape index (κ1) is 17.7. The minimum Gasteiger partial charge on any atom is -0.324 e. The summed E-state index contributed by atoms with van der Waals surface area (Å²) >= 11 is 0. The van der Waals surface area contributed by atoms with E-state index in [1.165, 1.54) is 5.56 Å². The van der Waals surface area contributed by atoms with Gasteiger partial charge in [-0.2, -0.15) is 5.10 Å². The lowest BCUT2D eigenvalue weighted by Crippen LogP contribution is -2.34. The summed E-state index contributed by atoms with van der Waals surface area (Å²) in [4.78, 5) is 17.1. The third-order valence-electron chi connectivity index (χ3n) is 4.20. The van der Waals surface area contributed by atoms with Crippen LogP contribution in [-0.2, 0) is 0 Å². The van der Waals surface area contributed by atoms with Gasteiger partial charge in [-0.05, 0) is 44.4 Å². The number of nitrogens with one attached hydrogen (secondary N) is 3. The summed E-state index contributed by atoms with van der Waals surface area (Å²) in [6.07, 6.45) is 0. The zero-order chi connectivity index (χ0) is 18.7. The Bertz CT molecular complexity index is 894. The Kier molecular flexibility index (Phi) is 5.02. The fraction of sp³-hybridized carbons (Fsp3) is 0.250. The van der Waals surface area contributed by atoms with Crippen LogP contribution in [0.25, 0.3) is 0 Å². The van der Waals surface area contributed by atoms with Crippen LogP contribution in [0, 0.1) is 27.7 Å². The van der Waals surface area contributed by atoms with Crippen LogP contribution in [0.5, 0.6) is 0 Å². The average molecular weight is 349 g/mol. The Morgan fingerprint density at radius 1 is 1.04 bits per heavy atom. The number of urea groups is 1. The number of anilines is 1. The van der Waals surface area contributed by atoms with Crippen molar-refractivity contribution in [1.29, 1.82) is 0 Å². The molecule has 6 heteroatoms. The van der Waals surface area contributed by atoms with Crippen molar-refractivity contribution in [2.45, 2.75) is 33.7 Å². The van der Waals surface area contributed by atoms with Gasteiger partial charge in [0.15, 0.2) is 5.82 Å². The zero-order valence-corrected chi connectivity index (χ0v) is 15.4. The van der Waals surface area contributed by atoms with Gasteiger partial charge in [0.25, 0.3) is 0 Å². The van der Waals surface area contributed by atoms with Gasteiger partial charge in [-0.1, -0.05) is 48.0 Å². The molecule has 1 heterocycles. The summed E-state index contributed by atoms with van der Waals surface area (Å²) < 4.78 is 0. The molecule has 1 aromatic heterocycles. The van der Waals surface area contributed by atoms with E-state index in [9.17, 15) is 4.79 Å². The quantitative estimate of drug-likeness (QED) is 0.667. The van der Waals surface area contributed by atoms with Gasteiger partial charge in [0.1, 0.15) is 11.9 Å². The minimum atomic E-state index is -0.438. The Morgan fingerprint density at radius 2 is 1.69 bits per heavy atom. The van der Waals surface area contributed by atoms with Gasteiger partial charge in [0, 0.05) is 5.69 Å². The van der Waals surface area contributed by atoms with Crippen molar-refractivity contribution in [3.8, 4) is 0 Å². The standard InChI is InChI=1S/C20H23N5O/c1-12-10-13(2)17(14(3)11-12)22-20(26)23-18(16-8-6-5-7-9-16)19-21-15(4)24-25-19/h5-11,18H,1-4H3,(H,21,24,25)(H2,22,23,26). The molecule has 3 aromatic rings. The topological polar surface area (TPSA) is 82.7 Å². The monoisotopic (exact) mass is 349 g/mol. The first-order valence-corrected chi connectivity index (χ1v) is 8.53. The number of aromatic amines is 1. The molecular weight excluding hydrogens is 326 g/mol. The number of aromatic nitrogens is 3. The first-order chi connectivity index (χ1) is 12.4. The average Bonchev–Trinajstić information content (AvgIpc) is 3.03. The normalized spacial score (nSPS) is 11.8. The second kappa shape index (κ2) is 7.39. The molecule has 2 amide bonds. The van der Waals surface area contributed by atoms with E-state index in [0.29, 0.717) is 11.6 Å². The van der Waals surface area contributed by atoms with Gasteiger partial charge >= 0.3 is 6.03 Å². The number of benzene rings is 2. The van der Waals surface area contributed by atoms with Gasteiger partial charge in [0.2, 0.25) is 0 Å². The highest BCUT2D eigenvalue weighted by atomic mass is 16.2. The number of hydrogen-bond acceptors (Lipinski definition) is 3. The molecule has 134 valence electrons. The van der Waals surface area contributed by atoms with Crippen molar-refractivity contribution in [2.75, 3.05) is 5.32 Å². The molecule has 0 saturated carbocycles. The zero-order valence-electron chi connectivity index (χ0n) is 15.4. The van der Waals surface area contributed by atoms with E-state index in [1.807, 2.05) is 58.0 Å². The van der Waals surface area contributed by atoms with E-state index >= 15 is 0 Å². The van der Waals surface area contributed by atoms with Crippen LogP contribution in [-0.4, -0.2) is 21.2 Å². The highest BCUT2D eigenvalue weighted by Crippen LogP contribution is 2.23. The van der Waals surface area contributed by atoms with Gasteiger partial charge in [-0.3, -0.25) is 5.10 Å². The van der Waals surface area contributed by atoms with Crippen LogP contribution < -0.4 is 10.6 Å². The number of rotatable bonds is 4. The molecule has 6 nitrogen and oxygen atoms in total. The summed E-state index contributed by atoms with van der Waals surface area (Å²) in [5.74, 6) is 1.23. The van der Waals surface area contributed by atoms with E-state index < -0.39 is 6.04 Å². The Labute approximate surface area is 153 Å². The molecule has 0 aliphatic carbocycles. The number of hydrogen-bond donors (Lipinski definition) is 3. The van der Waals surface area contributed by atoms with Crippen molar-refractivity contribution in [3.05, 3.63) is 76.4 Å². The molecule has 0 bridgehead atoms. The molecule has 0 radical (unpaired) electrons. The highest BCUT2D eigenvalue weighted by Gasteiger charge is 2.21. The highest BCUT2D eigenvalue weighted by molar-refractivity contribution is 5.91. The van der Waals surface area contributed by atoms with E-state index in [1.54, 1.807) is 0 Å². The SMILES string of the molecule is Cc1cc(C)c(NC(=O)NC(c2ccccc2)c2n[nH]c(C)n2)c(C)c1. The van der Waals surface area contributed by atoms with Gasteiger partial charge < -0.3 is 10.6 Å². The first-order valence-electron chi connectivity index (χ1n) is 8.53. The van der Waals surface area contributed by atoms with Gasteiger partial charge in [-0.25, -0.2) is 9.78 Å². The number of aryl methyl sites for hydroxylation is 4.